The predicted molar refractivity (Wildman–Crippen MR) is 56.8 cm³/mol. The lowest BCUT2D eigenvalue weighted by Crippen LogP contribution is -2.12. The lowest BCUT2D eigenvalue weighted by Gasteiger charge is -1.96. The zero-order valence-electron chi connectivity index (χ0n) is 7.20. The fraction of sp³-hybridized carbons (Fsp3) is 0.667. The Kier molecular flexibility index (Phi) is 12.1. The van der Waals surface area contributed by atoms with Crippen molar-refractivity contribution in [1.82, 2.24) is 0 Å². The minimum Gasteiger partial charge on any atom is -0.475 e. The zero-order valence-corrected chi connectivity index (χ0v) is 8.83. The number of nitrogens with two attached hydrogens (primary N) is 2. The fourth-order valence-electron chi connectivity index (χ4n) is 0.203. The molecule has 0 aromatic heterocycles. The molecule has 0 atom stereocenters. The number of methoxy groups -OCH3 is 1. The van der Waals surface area contributed by atoms with E-state index in [2.05, 4.69) is 29.2 Å². The third-order valence-electron chi connectivity index (χ3n) is 0.650. The van der Waals surface area contributed by atoms with Gasteiger partial charge in [-0.2, -0.15) is 0 Å². The number of rotatable bonds is 2. The van der Waals surface area contributed by atoms with Gasteiger partial charge in [0.05, 0.1) is 13.7 Å². The van der Waals surface area contributed by atoms with Crippen LogP contribution in [-0.4, -0.2) is 24.1 Å². The number of ether oxygens (including phenoxy) is 2. The largest absolute Gasteiger partial charge is 0.475 e. The number of hydrogen-bond donors (Lipinski definition) is 2. The molecule has 0 radical (unpaired) electrons. The van der Waals surface area contributed by atoms with E-state index in [4.69, 9.17) is 16.2 Å². The van der Waals surface area contributed by atoms with Crippen LogP contribution in [0.1, 0.15) is 13.3 Å². The van der Waals surface area contributed by atoms with Crippen LogP contribution in [0.25, 0.3) is 0 Å². The van der Waals surface area contributed by atoms with Gasteiger partial charge in [0.2, 0.25) is 0 Å². The van der Waals surface area contributed by atoms with Crippen LogP contribution in [0.2, 0.25) is 0 Å². The van der Waals surface area contributed by atoms with E-state index in [1.807, 2.05) is 6.92 Å². The van der Waals surface area contributed by atoms with E-state index >= 15 is 0 Å². The minimum absolute atomic E-state index is 0.0880. The van der Waals surface area contributed by atoms with E-state index in [9.17, 15) is 0 Å². The Morgan fingerprint density at radius 3 is 1.75 bits per heavy atom. The van der Waals surface area contributed by atoms with Crippen LogP contribution in [-0.2, 0) is 9.47 Å². The molecule has 0 aliphatic rings. The molecule has 0 aliphatic heterocycles. The SMILES string of the molecule is CCCOC(N)=S.COC(N)=S. The molecular formula is C6H14N2O2S2. The van der Waals surface area contributed by atoms with Gasteiger partial charge in [-0.15, -0.1) is 0 Å². The third-order valence-corrected chi connectivity index (χ3v) is 0.934. The van der Waals surface area contributed by atoms with E-state index < -0.39 is 0 Å². The van der Waals surface area contributed by atoms with Crippen LogP contribution in [0.3, 0.4) is 0 Å². The van der Waals surface area contributed by atoms with Crippen molar-refractivity contribution in [3.63, 3.8) is 0 Å². The van der Waals surface area contributed by atoms with Gasteiger partial charge in [-0.25, -0.2) is 0 Å². The molecule has 0 fully saturated rings. The smallest absolute Gasteiger partial charge is 0.253 e. The zero-order chi connectivity index (χ0) is 9.98. The normalized spacial score (nSPS) is 7.50. The summed E-state index contributed by atoms with van der Waals surface area (Å²) in [7, 11) is 1.43. The summed E-state index contributed by atoms with van der Waals surface area (Å²) in [4.78, 5) is 0. The molecule has 0 rings (SSSR count). The molecular weight excluding hydrogens is 196 g/mol. The summed E-state index contributed by atoms with van der Waals surface area (Å²) < 4.78 is 8.96. The van der Waals surface area contributed by atoms with Crippen molar-refractivity contribution in [3.8, 4) is 0 Å². The van der Waals surface area contributed by atoms with E-state index in [1.165, 1.54) is 7.11 Å². The van der Waals surface area contributed by atoms with Crippen molar-refractivity contribution in [3.05, 3.63) is 0 Å². The molecule has 12 heavy (non-hydrogen) atoms. The minimum atomic E-state index is 0.0880. The number of hydrogen-bond acceptors (Lipinski definition) is 4. The monoisotopic (exact) mass is 210 g/mol. The molecule has 4 nitrogen and oxygen atoms in total. The van der Waals surface area contributed by atoms with E-state index in [1.54, 1.807) is 0 Å². The van der Waals surface area contributed by atoms with Gasteiger partial charge in [-0.05, 0) is 30.9 Å². The fourth-order valence-corrected chi connectivity index (χ4v) is 0.286. The summed E-state index contributed by atoms with van der Waals surface area (Å²) in [5.74, 6) is 0. The van der Waals surface area contributed by atoms with Crippen LogP contribution in [0.15, 0.2) is 0 Å². The van der Waals surface area contributed by atoms with Gasteiger partial charge in [0.15, 0.2) is 0 Å². The molecule has 0 bridgehead atoms. The van der Waals surface area contributed by atoms with Crippen molar-refractivity contribution >= 4 is 34.8 Å². The lowest BCUT2D eigenvalue weighted by atomic mass is 10.5. The average Bonchev–Trinajstić information content (AvgIpc) is 2.02. The molecule has 0 heterocycles. The Labute approximate surface area is 83.2 Å². The van der Waals surface area contributed by atoms with Crippen molar-refractivity contribution in [2.75, 3.05) is 13.7 Å². The van der Waals surface area contributed by atoms with Gasteiger partial charge in [0, 0.05) is 0 Å². The summed E-state index contributed by atoms with van der Waals surface area (Å²) in [6, 6.07) is 0. The maximum absolute atomic E-state index is 4.99. The lowest BCUT2D eigenvalue weighted by molar-refractivity contribution is 0.308. The highest BCUT2D eigenvalue weighted by atomic mass is 32.1. The molecule has 4 N–H and O–H groups in total. The van der Waals surface area contributed by atoms with Crippen LogP contribution in [0, 0.1) is 0 Å². The molecule has 0 aliphatic carbocycles. The highest BCUT2D eigenvalue weighted by Crippen LogP contribution is 1.77. The summed E-state index contributed by atoms with van der Waals surface area (Å²) >= 11 is 8.67. The maximum Gasteiger partial charge on any atom is 0.253 e. The second-order valence-electron chi connectivity index (χ2n) is 1.69. The van der Waals surface area contributed by atoms with Gasteiger partial charge in [-0.3, -0.25) is 0 Å². The molecule has 0 saturated heterocycles. The summed E-state index contributed by atoms with van der Waals surface area (Å²) in [5, 5.41) is 0.229. The van der Waals surface area contributed by atoms with Crippen molar-refractivity contribution < 1.29 is 9.47 Å². The molecule has 0 aromatic rings. The molecule has 0 unspecified atom stereocenters. The van der Waals surface area contributed by atoms with Gasteiger partial charge in [-0.1, -0.05) is 6.92 Å². The second kappa shape index (κ2) is 10.4. The first-order valence-electron chi connectivity index (χ1n) is 3.30. The Balaban J connectivity index is 0. The van der Waals surface area contributed by atoms with E-state index in [0.29, 0.717) is 6.61 Å². The van der Waals surface area contributed by atoms with Crippen molar-refractivity contribution in [2.45, 2.75) is 13.3 Å². The quantitative estimate of drug-likeness (QED) is 0.648. The standard InChI is InChI=1S/C4H9NOS.C2H5NOS/c1-2-3-6-4(5)7;1-4-2(3)5/h2-3H2,1H3,(H2,5,7);1H3,(H2,3,5). The van der Waals surface area contributed by atoms with Gasteiger partial charge >= 0.3 is 0 Å². The predicted octanol–water partition coefficient (Wildman–Crippen LogP) is 0.533. The highest BCUT2D eigenvalue weighted by molar-refractivity contribution is 7.80. The summed E-state index contributed by atoms with van der Waals surface area (Å²) in [6.45, 7) is 2.63. The molecule has 0 amide bonds. The Morgan fingerprint density at radius 1 is 1.25 bits per heavy atom. The third kappa shape index (κ3) is 22.8. The van der Waals surface area contributed by atoms with Crippen LogP contribution in [0.5, 0.6) is 0 Å². The van der Waals surface area contributed by atoms with Crippen LogP contribution >= 0.6 is 24.4 Å². The first-order chi connectivity index (χ1) is 5.54. The Hall–Kier alpha value is -0.620. The second-order valence-corrected chi connectivity index (χ2v) is 2.50. The van der Waals surface area contributed by atoms with Crippen molar-refractivity contribution in [1.29, 1.82) is 0 Å². The van der Waals surface area contributed by atoms with Crippen LogP contribution < -0.4 is 11.5 Å². The first kappa shape index (κ1) is 13.9. The van der Waals surface area contributed by atoms with Crippen LogP contribution in [0.4, 0.5) is 0 Å². The van der Waals surface area contributed by atoms with Gasteiger partial charge in [0.1, 0.15) is 0 Å². The molecule has 0 aromatic carbocycles. The first-order valence-corrected chi connectivity index (χ1v) is 4.11. The Morgan fingerprint density at radius 2 is 1.67 bits per heavy atom. The Bertz CT molecular complexity index is 142. The number of thiocarbonyl (C=S) groups is 2. The molecule has 0 spiro atoms. The average molecular weight is 210 g/mol. The van der Waals surface area contributed by atoms with Gasteiger partial charge in [0.25, 0.3) is 10.3 Å². The highest BCUT2D eigenvalue weighted by Gasteiger charge is 1.81. The molecule has 72 valence electrons. The van der Waals surface area contributed by atoms with Crippen molar-refractivity contribution in [2.24, 2.45) is 11.5 Å². The van der Waals surface area contributed by atoms with Gasteiger partial charge < -0.3 is 20.9 Å². The topological polar surface area (TPSA) is 70.5 Å². The maximum atomic E-state index is 4.99. The van der Waals surface area contributed by atoms with E-state index in [-0.39, 0.29) is 10.3 Å². The summed E-state index contributed by atoms with van der Waals surface area (Å²) in [6.07, 6.45) is 0.956. The molecule has 6 heteroatoms. The molecule has 0 saturated carbocycles. The van der Waals surface area contributed by atoms with E-state index in [0.717, 1.165) is 6.42 Å². The summed E-state index contributed by atoms with van der Waals surface area (Å²) in [5.41, 5.74) is 9.79.